The van der Waals surface area contributed by atoms with Crippen molar-refractivity contribution in [3.63, 3.8) is 0 Å². The van der Waals surface area contributed by atoms with E-state index in [-0.39, 0.29) is 5.82 Å². The summed E-state index contributed by atoms with van der Waals surface area (Å²) in [6, 6.07) is 9.91. The van der Waals surface area contributed by atoms with Gasteiger partial charge >= 0.3 is 0 Å². The minimum absolute atomic E-state index is 0.318. The van der Waals surface area contributed by atoms with Crippen molar-refractivity contribution < 1.29 is 13.9 Å². The van der Waals surface area contributed by atoms with Gasteiger partial charge in [-0.3, -0.25) is 4.68 Å². The maximum atomic E-state index is 13.5. The number of aromatic nitrogens is 3. The van der Waals surface area contributed by atoms with Crippen LogP contribution in [0.4, 0.5) is 10.2 Å². The third-order valence-corrected chi connectivity index (χ3v) is 5.48. The molecule has 1 aromatic carbocycles. The Hall–Kier alpha value is -2.97. The van der Waals surface area contributed by atoms with E-state index < -0.39 is 0 Å². The summed E-state index contributed by atoms with van der Waals surface area (Å²) in [5, 5.41) is 8.35. The summed E-state index contributed by atoms with van der Waals surface area (Å²) < 4.78 is 26.9. The molecular formula is C24H30FN5O2. The van der Waals surface area contributed by atoms with Gasteiger partial charge < -0.3 is 19.7 Å². The summed E-state index contributed by atoms with van der Waals surface area (Å²) in [6.45, 7) is 8.74. The van der Waals surface area contributed by atoms with Gasteiger partial charge in [0, 0.05) is 56.6 Å². The number of ether oxygens (including phenoxy) is 2. The molecule has 170 valence electrons. The number of hydrogen-bond acceptors (Lipinski definition) is 6. The molecule has 0 radical (unpaired) electrons. The minimum Gasteiger partial charge on any atom is -0.439 e. The minimum atomic E-state index is -0.341. The van der Waals surface area contributed by atoms with Crippen molar-refractivity contribution in [1.29, 1.82) is 0 Å². The van der Waals surface area contributed by atoms with Crippen molar-refractivity contribution in [2.75, 3.05) is 31.2 Å². The lowest BCUT2D eigenvalue weighted by Crippen LogP contribution is -2.38. The van der Waals surface area contributed by atoms with E-state index in [2.05, 4.69) is 29.0 Å². The number of nitrogens with one attached hydrogen (secondary N) is 1. The van der Waals surface area contributed by atoms with Gasteiger partial charge in [-0.25, -0.2) is 9.37 Å². The number of rotatable bonds is 8. The van der Waals surface area contributed by atoms with Gasteiger partial charge in [-0.2, -0.15) is 5.10 Å². The van der Waals surface area contributed by atoms with Crippen molar-refractivity contribution in [2.45, 2.75) is 32.9 Å². The lowest BCUT2D eigenvalue weighted by Gasteiger charge is -2.29. The molecule has 3 aromatic rings. The van der Waals surface area contributed by atoms with Crippen LogP contribution in [0.25, 0.3) is 0 Å². The van der Waals surface area contributed by atoms with Gasteiger partial charge in [0.15, 0.2) is 0 Å². The smallest absolute Gasteiger partial charge is 0.223 e. The van der Waals surface area contributed by atoms with Crippen LogP contribution in [0.2, 0.25) is 0 Å². The largest absolute Gasteiger partial charge is 0.439 e. The Balaban J connectivity index is 1.50. The second-order valence-electron chi connectivity index (χ2n) is 8.20. The summed E-state index contributed by atoms with van der Waals surface area (Å²) >= 11 is 0. The van der Waals surface area contributed by atoms with E-state index in [1.54, 1.807) is 18.3 Å². The normalized spacial score (nSPS) is 14.2. The average Bonchev–Trinajstić information content (AvgIpc) is 3.12. The predicted molar refractivity (Wildman–Crippen MR) is 122 cm³/mol. The van der Waals surface area contributed by atoms with E-state index in [9.17, 15) is 4.39 Å². The van der Waals surface area contributed by atoms with Gasteiger partial charge in [-0.1, -0.05) is 26.0 Å². The molecule has 0 spiro atoms. The van der Waals surface area contributed by atoms with E-state index in [4.69, 9.17) is 14.6 Å². The van der Waals surface area contributed by atoms with Crippen LogP contribution in [-0.2, 0) is 24.9 Å². The molecule has 3 heterocycles. The van der Waals surface area contributed by atoms with Crippen molar-refractivity contribution in [2.24, 2.45) is 7.05 Å². The summed E-state index contributed by atoms with van der Waals surface area (Å²) in [4.78, 5) is 6.70. The number of anilines is 1. The Morgan fingerprint density at radius 2 is 1.97 bits per heavy atom. The first-order chi connectivity index (χ1) is 15.5. The molecule has 1 saturated heterocycles. The van der Waals surface area contributed by atoms with Gasteiger partial charge in [0.1, 0.15) is 17.4 Å². The highest BCUT2D eigenvalue weighted by Gasteiger charge is 2.24. The molecular weight excluding hydrogens is 409 g/mol. The molecule has 0 saturated carbocycles. The molecule has 0 amide bonds. The van der Waals surface area contributed by atoms with Gasteiger partial charge in [-0.15, -0.1) is 0 Å². The lowest BCUT2D eigenvalue weighted by molar-refractivity contribution is 0.122. The maximum Gasteiger partial charge on any atom is 0.223 e. The number of halogens is 1. The van der Waals surface area contributed by atoms with Gasteiger partial charge in [0.05, 0.1) is 18.9 Å². The molecule has 1 aliphatic heterocycles. The molecule has 2 aromatic heterocycles. The monoisotopic (exact) mass is 439 g/mol. The molecule has 1 N–H and O–H groups in total. The molecule has 0 atom stereocenters. The van der Waals surface area contributed by atoms with Crippen LogP contribution in [0.15, 0.2) is 42.6 Å². The van der Waals surface area contributed by atoms with Crippen LogP contribution in [0.3, 0.4) is 0 Å². The van der Waals surface area contributed by atoms with Crippen molar-refractivity contribution in [3.8, 4) is 11.6 Å². The molecule has 8 heteroatoms. The molecule has 1 aliphatic rings. The third kappa shape index (κ3) is 5.08. The Labute approximate surface area is 188 Å². The van der Waals surface area contributed by atoms with Crippen molar-refractivity contribution in [3.05, 3.63) is 65.2 Å². The van der Waals surface area contributed by atoms with Gasteiger partial charge in [0.2, 0.25) is 5.88 Å². The molecule has 0 unspecified atom stereocenters. The second-order valence-corrected chi connectivity index (χ2v) is 8.20. The zero-order valence-electron chi connectivity index (χ0n) is 18.8. The van der Waals surface area contributed by atoms with Crippen molar-refractivity contribution >= 4 is 5.82 Å². The third-order valence-electron chi connectivity index (χ3n) is 5.48. The summed E-state index contributed by atoms with van der Waals surface area (Å²) in [7, 11) is 2.01. The van der Waals surface area contributed by atoms with E-state index in [0.717, 1.165) is 43.4 Å². The number of nitrogens with zero attached hydrogens (tertiary/aromatic N) is 4. The topological polar surface area (TPSA) is 64.4 Å². The highest BCUT2D eigenvalue weighted by Crippen LogP contribution is 2.29. The maximum absolute atomic E-state index is 13.5. The molecule has 0 bridgehead atoms. The SMILES string of the molecule is CC(C)c1nn(C)c(N2CCOCC2)c1CNCc1cccnc1Oc1cccc(F)c1. The molecule has 7 nitrogen and oxygen atoms in total. The van der Waals surface area contributed by atoms with Crippen molar-refractivity contribution in [1.82, 2.24) is 20.1 Å². The van der Waals surface area contributed by atoms with E-state index >= 15 is 0 Å². The number of aryl methyl sites for hydroxylation is 1. The van der Waals surface area contributed by atoms with E-state index in [1.807, 2.05) is 23.9 Å². The van der Waals surface area contributed by atoms with Crippen LogP contribution in [0.5, 0.6) is 11.6 Å². The number of pyridine rings is 1. The predicted octanol–water partition coefficient (Wildman–Crippen LogP) is 4.00. The highest BCUT2D eigenvalue weighted by atomic mass is 19.1. The van der Waals surface area contributed by atoms with Crippen LogP contribution in [-0.4, -0.2) is 41.1 Å². The lowest BCUT2D eigenvalue weighted by atomic mass is 10.0. The summed E-state index contributed by atoms with van der Waals surface area (Å²) in [5.74, 6) is 2.01. The molecule has 32 heavy (non-hydrogen) atoms. The summed E-state index contributed by atoms with van der Waals surface area (Å²) in [5.41, 5.74) is 3.21. The molecule has 4 rings (SSSR count). The van der Waals surface area contributed by atoms with Crippen LogP contribution < -0.4 is 15.0 Å². The quantitative estimate of drug-likeness (QED) is 0.573. The first-order valence-electron chi connectivity index (χ1n) is 11.0. The highest BCUT2D eigenvalue weighted by molar-refractivity contribution is 5.51. The fraction of sp³-hybridized carbons (Fsp3) is 0.417. The fourth-order valence-corrected chi connectivity index (χ4v) is 4.00. The van der Waals surface area contributed by atoms with Gasteiger partial charge in [-0.05, 0) is 24.1 Å². The van der Waals surface area contributed by atoms with Crippen LogP contribution >= 0.6 is 0 Å². The first-order valence-corrected chi connectivity index (χ1v) is 11.0. The van der Waals surface area contributed by atoms with E-state index in [1.165, 1.54) is 17.7 Å². The standard InChI is InChI=1S/C24H30FN5O2/c1-17(2)22-21(24(29(3)28-22)30-10-12-31-13-11-30)16-26-15-18-6-5-9-27-23(18)32-20-8-4-7-19(25)14-20/h4-9,14,17,26H,10-13,15-16H2,1-3H3. The number of benzene rings is 1. The van der Waals surface area contributed by atoms with Crippen LogP contribution in [0, 0.1) is 5.82 Å². The Kier molecular flexibility index (Phi) is 7.02. The number of morpholine rings is 1. The van der Waals surface area contributed by atoms with E-state index in [0.29, 0.717) is 30.6 Å². The first kappa shape index (κ1) is 22.2. The number of hydrogen-bond donors (Lipinski definition) is 1. The van der Waals surface area contributed by atoms with Gasteiger partial charge in [0.25, 0.3) is 0 Å². The molecule has 0 aliphatic carbocycles. The second kappa shape index (κ2) is 10.1. The zero-order valence-corrected chi connectivity index (χ0v) is 18.8. The fourth-order valence-electron chi connectivity index (χ4n) is 4.00. The Morgan fingerprint density at radius 1 is 1.16 bits per heavy atom. The zero-order chi connectivity index (χ0) is 22.5. The Bertz CT molecular complexity index is 1050. The average molecular weight is 440 g/mol. The summed E-state index contributed by atoms with van der Waals surface area (Å²) in [6.07, 6.45) is 1.67. The molecule has 1 fully saturated rings. The van der Waals surface area contributed by atoms with Crippen LogP contribution in [0.1, 0.15) is 36.6 Å². The Morgan fingerprint density at radius 3 is 2.72 bits per heavy atom.